The Morgan fingerprint density at radius 1 is 1.00 bits per heavy atom. The number of ether oxygens (including phenoxy) is 1. The molecule has 3 aromatic rings. The molecule has 158 valence electrons. The molecule has 0 saturated heterocycles. The second-order valence-corrected chi connectivity index (χ2v) is 7.14. The Labute approximate surface area is 185 Å². The SMILES string of the molecule is C[C@@H](NC(=O)COc1ccc(/C=N\NC(=O)c2ccccc2Cl)cc1)c1ccccc1. The molecular weight excluding hydrogens is 414 g/mol. The third-order valence-corrected chi connectivity index (χ3v) is 4.75. The van der Waals surface area contributed by atoms with Crippen molar-refractivity contribution >= 4 is 29.6 Å². The summed E-state index contributed by atoms with van der Waals surface area (Å²) in [5, 5.41) is 7.20. The molecule has 0 heterocycles. The fraction of sp³-hybridized carbons (Fsp3) is 0.125. The molecule has 6 nitrogen and oxygen atoms in total. The van der Waals surface area contributed by atoms with Gasteiger partial charge in [-0.2, -0.15) is 5.10 Å². The maximum absolute atomic E-state index is 12.1. The lowest BCUT2D eigenvalue weighted by molar-refractivity contribution is -0.123. The number of hydrazone groups is 1. The Balaban J connectivity index is 1.45. The summed E-state index contributed by atoms with van der Waals surface area (Å²) in [4.78, 5) is 24.2. The summed E-state index contributed by atoms with van der Waals surface area (Å²) in [6.07, 6.45) is 1.51. The Hall–Kier alpha value is -3.64. The second kappa shape index (κ2) is 10.9. The maximum Gasteiger partial charge on any atom is 0.272 e. The molecule has 0 aromatic heterocycles. The first-order valence-corrected chi connectivity index (χ1v) is 10.1. The van der Waals surface area contributed by atoms with E-state index in [1.165, 1.54) is 6.21 Å². The number of amides is 2. The molecule has 2 N–H and O–H groups in total. The van der Waals surface area contributed by atoms with Crippen molar-refractivity contribution in [2.45, 2.75) is 13.0 Å². The summed E-state index contributed by atoms with van der Waals surface area (Å²) in [5.41, 5.74) is 4.58. The normalized spacial score (nSPS) is 11.7. The van der Waals surface area contributed by atoms with Gasteiger partial charge in [0, 0.05) is 0 Å². The van der Waals surface area contributed by atoms with Crippen molar-refractivity contribution in [2.24, 2.45) is 5.10 Å². The minimum Gasteiger partial charge on any atom is -0.484 e. The van der Waals surface area contributed by atoms with E-state index in [0.717, 1.165) is 11.1 Å². The van der Waals surface area contributed by atoms with Crippen LogP contribution in [0.1, 0.15) is 34.5 Å². The first kappa shape index (κ1) is 22.1. The van der Waals surface area contributed by atoms with Crippen LogP contribution in [0.4, 0.5) is 0 Å². The topological polar surface area (TPSA) is 79.8 Å². The molecule has 0 bridgehead atoms. The van der Waals surface area contributed by atoms with Gasteiger partial charge in [0.15, 0.2) is 6.61 Å². The maximum atomic E-state index is 12.1. The Morgan fingerprint density at radius 2 is 1.68 bits per heavy atom. The molecule has 0 unspecified atom stereocenters. The minimum atomic E-state index is -0.391. The third-order valence-electron chi connectivity index (χ3n) is 4.43. The van der Waals surface area contributed by atoms with Crippen molar-refractivity contribution in [1.29, 1.82) is 0 Å². The fourth-order valence-corrected chi connectivity index (χ4v) is 3.00. The standard InChI is InChI=1S/C24H22ClN3O3/c1-17(19-7-3-2-4-8-19)27-23(29)16-31-20-13-11-18(12-14-20)15-26-28-24(30)21-9-5-6-10-22(21)25/h2-15,17H,16H2,1H3,(H,27,29)(H,28,30)/b26-15-/t17-/m1/s1. The second-order valence-electron chi connectivity index (χ2n) is 6.74. The average molecular weight is 436 g/mol. The molecule has 0 aliphatic rings. The minimum absolute atomic E-state index is 0.0848. The summed E-state index contributed by atoms with van der Waals surface area (Å²) in [6.45, 7) is 1.84. The number of halogens is 1. The van der Waals surface area contributed by atoms with Gasteiger partial charge in [0.25, 0.3) is 11.8 Å². The summed E-state index contributed by atoms with van der Waals surface area (Å²) in [7, 11) is 0. The highest BCUT2D eigenvalue weighted by atomic mass is 35.5. The number of carbonyl (C=O) groups excluding carboxylic acids is 2. The van der Waals surface area contributed by atoms with E-state index in [1.54, 1.807) is 48.5 Å². The van der Waals surface area contributed by atoms with Crippen LogP contribution in [0.5, 0.6) is 5.75 Å². The van der Waals surface area contributed by atoms with Gasteiger partial charge in [-0.1, -0.05) is 54.1 Å². The van der Waals surface area contributed by atoms with Crippen molar-refractivity contribution in [3.63, 3.8) is 0 Å². The van der Waals surface area contributed by atoms with E-state index in [0.29, 0.717) is 16.3 Å². The number of nitrogens with one attached hydrogen (secondary N) is 2. The van der Waals surface area contributed by atoms with Crippen LogP contribution in [0.25, 0.3) is 0 Å². The number of hydrogen-bond acceptors (Lipinski definition) is 4. The van der Waals surface area contributed by atoms with E-state index < -0.39 is 5.91 Å². The monoisotopic (exact) mass is 435 g/mol. The van der Waals surface area contributed by atoms with Crippen LogP contribution < -0.4 is 15.5 Å². The van der Waals surface area contributed by atoms with Gasteiger partial charge in [0.2, 0.25) is 0 Å². The van der Waals surface area contributed by atoms with E-state index in [-0.39, 0.29) is 18.6 Å². The summed E-state index contributed by atoms with van der Waals surface area (Å²) in [6, 6.07) is 23.4. The predicted molar refractivity (Wildman–Crippen MR) is 121 cm³/mol. The molecule has 3 aromatic carbocycles. The smallest absolute Gasteiger partial charge is 0.272 e. The molecular formula is C24H22ClN3O3. The van der Waals surface area contributed by atoms with E-state index in [2.05, 4.69) is 15.8 Å². The molecule has 0 saturated carbocycles. The molecule has 7 heteroatoms. The Bertz CT molecular complexity index is 1050. The molecule has 0 radical (unpaired) electrons. The first-order chi connectivity index (χ1) is 15.0. The zero-order chi connectivity index (χ0) is 22.1. The van der Waals surface area contributed by atoms with E-state index in [1.807, 2.05) is 37.3 Å². The number of rotatable bonds is 8. The van der Waals surface area contributed by atoms with Gasteiger partial charge >= 0.3 is 0 Å². The largest absolute Gasteiger partial charge is 0.484 e. The van der Waals surface area contributed by atoms with Gasteiger partial charge in [-0.15, -0.1) is 0 Å². The predicted octanol–water partition coefficient (Wildman–Crippen LogP) is 4.36. The van der Waals surface area contributed by atoms with Crippen LogP contribution in [-0.4, -0.2) is 24.6 Å². The molecule has 1 atom stereocenters. The number of benzene rings is 3. The van der Waals surface area contributed by atoms with Gasteiger partial charge < -0.3 is 10.1 Å². The van der Waals surface area contributed by atoms with Crippen LogP contribution in [-0.2, 0) is 4.79 Å². The van der Waals surface area contributed by atoms with Crippen LogP contribution in [0.15, 0.2) is 84.0 Å². The van der Waals surface area contributed by atoms with Gasteiger partial charge in [-0.05, 0) is 54.4 Å². The molecule has 0 spiro atoms. The van der Waals surface area contributed by atoms with E-state index in [4.69, 9.17) is 16.3 Å². The summed E-state index contributed by atoms with van der Waals surface area (Å²) in [5.74, 6) is -0.0402. The van der Waals surface area contributed by atoms with Crippen LogP contribution in [0.2, 0.25) is 5.02 Å². The Kier molecular flexibility index (Phi) is 7.79. The van der Waals surface area contributed by atoms with Crippen LogP contribution in [0.3, 0.4) is 0 Å². The first-order valence-electron chi connectivity index (χ1n) is 9.68. The van der Waals surface area contributed by atoms with Crippen LogP contribution in [0, 0.1) is 0 Å². The third kappa shape index (κ3) is 6.69. The lowest BCUT2D eigenvalue weighted by atomic mass is 10.1. The van der Waals surface area contributed by atoms with E-state index >= 15 is 0 Å². The van der Waals surface area contributed by atoms with Crippen molar-refractivity contribution < 1.29 is 14.3 Å². The number of nitrogens with zero attached hydrogens (tertiary/aromatic N) is 1. The summed E-state index contributed by atoms with van der Waals surface area (Å²) >= 11 is 5.99. The quantitative estimate of drug-likeness (QED) is 0.407. The molecule has 3 rings (SSSR count). The van der Waals surface area contributed by atoms with Gasteiger partial charge in [-0.25, -0.2) is 5.43 Å². The van der Waals surface area contributed by atoms with Gasteiger partial charge in [0.1, 0.15) is 5.75 Å². The van der Waals surface area contributed by atoms with Crippen molar-refractivity contribution in [3.8, 4) is 5.75 Å². The molecule has 0 fully saturated rings. The molecule has 2 amide bonds. The van der Waals surface area contributed by atoms with Crippen LogP contribution >= 0.6 is 11.6 Å². The zero-order valence-corrected chi connectivity index (χ0v) is 17.7. The van der Waals surface area contributed by atoms with Gasteiger partial charge in [0.05, 0.1) is 22.8 Å². The fourth-order valence-electron chi connectivity index (χ4n) is 2.78. The highest BCUT2D eigenvalue weighted by Gasteiger charge is 2.10. The lowest BCUT2D eigenvalue weighted by Crippen LogP contribution is -2.31. The van der Waals surface area contributed by atoms with Crippen molar-refractivity contribution in [3.05, 3.63) is 101 Å². The molecule has 0 aliphatic carbocycles. The number of carbonyl (C=O) groups is 2. The number of hydrogen-bond donors (Lipinski definition) is 2. The highest BCUT2D eigenvalue weighted by molar-refractivity contribution is 6.33. The Morgan fingerprint density at radius 3 is 2.39 bits per heavy atom. The average Bonchev–Trinajstić information content (AvgIpc) is 2.79. The molecule has 0 aliphatic heterocycles. The summed E-state index contributed by atoms with van der Waals surface area (Å²) < 4.78 is 5.53. The highest BCUT2D eigenvalue weighted by Crippen LogP contribution is 2.15. The van der Waals surface area contributed by atoms with Gasteiger partial charge in [-0.3, -0.25) is 9.59 Å². The van der Waals surface area contributed by atoms with E-state index in [9.17, 15) is 9.59 Å². The van der Waals surface area contributed by atoms with Crippen molar-refractivity contribution in [2.75, 3.05) is 6.61 Å². The van der Waals surface area contributed by atoms with Crippen molar-refractivity contribution in [1.82, 2.24) is 10.7 Å². The lowest BCUT2D eigenvalue weighted by Gasteiger charge is -2.14. The molecule has 31 heavy (non-hydrogen) atoms. The zero-order valence-electron chi connectivity index (χ0n) is 16.9.